The Kier molecular flexibility index (Phi) is 9.12. The van der Waals surface area contributed by atoms with Crippen molar-refractivity contribution in [3.63, 3.8) is 0 Å². The zero-order valence-corrected chi connectivity index (χ0v) is 22.3. The minimum absolute atomic E-state index is 0.0225. The predicted molar refractivity (Wildman–Crippen MR) is 137 cm³/mol. The van der Waals surface area contributed by atoms with Gasteiger partial charge in [-0.3, -0.25) is 9.59 Å². The fraction of sp³-hybridized carbons (Fsp3) is 0.929. The average Bonchev–Trinajstić information content (AvgIpc) is 2.99. The summed E-state index contributed by atoms with van der Waals surface area (Å²) in [6.07, 6.45) is 18.6. The van der Waals surface area contributed by atoms with Crippen molar-refractivity contribution in [2.24, 2.45) is 23.2 Å². The van der Waals surface area contributed by atoms with Crippen LogP contribution in [0.1, 0.15) is 116 Å². The van der Waals surface area contributed by atoms with Crippen molar-refractivity contribution in [2.45, 2.75) is 139 Å². The Morgan fingerprint density at radius 2 is 1.45 bits per heavy atom. The van der Waals surface area contributed by atoms with E-state index in [1.807, 2.05) is 6.92 Å². The van der Waals surface area contributed by atoms with E-state index in [4.69, 9.17) is 0 Å². The minimum Gasteiger partial charge on any atom is -0.390 e. The third-order valence-corrected chi connectivity index (χ3v) is 11.1. The van der Waals surface area contributed by atoms with Gasteiger partial charge in [-0.25, -0.2) is 0 Å². The monoisotopic (exact) mass is 523 g/mol. The van der Waals surface area contributed by atoms with E-state index in [-0.39, 0.29) is 33.8 Å². The first-order chi connectivity index (χ1) is 16.0. The maximum absolute atomic E-state index is 13.5. The van der Waals surface area contributed by atoms with Crippen molar-refractivity contribution in [1.29, 1.82) is 0 Å². The number of hydrogen-bond donors (Lipinski definition) is 2. The molecule has 0 spiro atoms. The highest BCUT2D eigenvalue weighted by Crippen LogP contribution is 2.55. The lowest BCUT2D eigenvalue weighted by Gasteiger charge is -2.59. The van der Waals surface area contributed by atoms with Crippen LogP contribution in [0.15, 0.2) is 0 Å². The van der Waals surface area contributed by atoms with Crippen LogP contribution in [0.3, 0.4) is 0 Å². The zero-order valence-electron chi connectivity index (χ0n) is 20.7. The summed E-state index contributed by atoms with van der Waals surface area (Å²) in [5.74, 6) is -0.0975. The summed E-state index contributed by atoms with van der Waals surface area (Å²) in [5, 5.41) is 15.6. The molecular weight excluding hydrogens is 478 g/mol. The highest BCUT2D eigenvalue weighted by atomic mass is 79.9. The smallest absolute Gasteiger partial charge is 0.147 e. The fourth-order valence-electron chi connectivity index (χ4n) is 7.87. The van der Waals surface area contributed by atoms with Gasteiger partial charge in [0.2, 0.25) is 0 Å². The van der Waals surface area contributed by atoms with Gasteiger partial charge in [0.15, 0.2) is 0 Å². The minimum atomic E-state index is -0.710. The van der Waals surface area contributed by atoms with Crippen molar-refractivity contribution in [3.8, 4) is 0 Å². The summed E-state index contributed by atoms with van der Waals surface area (Å²) in [4.78, 5) is 26.7. The number of hydrogen-bond acceptors (Lipinski definition) is 4. The maximum Gasteiger partial charge on any atom is 0.147 e. The highest BCUT2D eigenvalue weighted by Gasteiger charge is 2.59. The molecule has 0 aromatic carbocycles. The molecule has 4 nitrogen and oxygen atoms in total. The van der Waals surface area contributed by atoms with Gasteiger partial charge < -0.3 is 10.4 Å². The van der Waals surface area contributed by atoms with Crippen LogP contribution in [0.4, 0.5) is 0 Å². The molecule has 5 heteroatoms. The van der Waals surface area contributed by atoms with Gasteiger partial charge in [0.05, 0.1) is 18.1 Å². The molecule has 4 unspecified atom stereocenters. The van der Waals surface area contributed by atoms with E-state index in [1.54, 1.807) is 0 Å². The summed E-state index contributed by atoms with van der Waals surface area (Å²) in [7, 11) is 0. The van der Waals surface area contributed by atoms with E-state index >= 15 is 0 Å². The molecule has 4 rings (SSSR count). The van der Waals surface area contributed by atoms with Crippen molar-refractivity contribution >= 4 is 27.5 Å². The van der Waals surface area contributed by atoms with Crippen molar-refractivity contribution in [2.75, 3.05) is 0 Å². The number of carbonyl (C=O) groups is 2. The van der Waals surface area contributed by atoms with Gasteiger partial charge in [0.25, 0.3) is 0 Å². The Hall–Kier alpha value is -0.260. The molecular formula is C28H46BrNO3. The Morgan fingerprint density at radius 3 is 2.18 bits per heavy atom. The lowest BCUT2D eigenvalue weighted by Crippen LogP contribution is -2.71. The summed E-state index contributed by atoms with van der Waals surface area (Å²) in [5.41, 5.74) is 0.0225. The molecule has 1 heterocycles. The third kappa shape index (κ3) is 5.31. The van der Waals surface area contributed by atoms with Gasteiger partial charge >= 0.3 is 0 Å². The molecule has 33 heavy (non-hydrogen) atoms. The Morgan fingerprint density at radius 1 is 0.848 bits per heavy atom. The van der Waals surface area contributed by atoms with Gasteiger partial charge in [-0.15, -0.1) is 0 Å². The molecule has 1 saturated heterocycles. The largest absolute Gasteiger partial charge is 0.390 e. The molecule has 0 aromatic heterocycles. The van der Waals surface area contributed by atoms with Crippen LogP contribution in [-0.4, -0.2) is 39.7 Å². The van der Waals surface area contributed by atoms with Crippen LogP contribution >= 0.6 is 15.9 Å². The molecule has 0 aromatic rings. The second-order valence-electron chi connectivity index (χ2n) is 11.7. The van der Waals surface area contributed by atoms with E-state index in [2.05, 4.69) is 21.2 Å². The van der Waals surface area contributed by atoms with Gasteiger partial charge in [0, 0.05) is 28.6 Å². The molecule has 4 fully saturated rings. The normalized spacial score (nSPS) is 42.8. The highest BCUT2D eigenvalue weighted by molar-refractivity contribution is 9.09. The molecule has 188 valence electrons. The van der Waals surface area contributed by atoms with Gasteiger partial charge in [-0.05, 0) is 44.4 Å². The van der Waals surface area contributed by atoms with Crippen LogP contribution in [0, 0.1) is 23.2 Å². The lowest BCUT2D eigenvalue weighted by molar-refractivity contribution is -0.141. The molecule has 1 aliphatic heterocycles. The number of rotatable bonds is 2. The number of fused-ring (bicyclic) bond motifs is 1. The molecule has 0 bridgehead atoms. The van der Waals surface area contributed by atoms with Crippen molar-refractivity contribution in [1.82, 2.24) is 5.32 Å². The van der Waals surface area contributed by atoms with Crippen molar-refractivity contribution in [3.05, 3.63) is 0 Å². The molecule has 3 aliphatic carbocycles. The molecule has 0 radical (unpaired) electrons. The van der Waals surface area contributed by atoms with E-state index in [1.165, 1.54) is 64.2 Å². The third-order valence-electron chi connectivity index (χ3n) is 9.75. The lowest BCUT2D eigenvalue weighted by atomic mass is 9.55. The molecule has 2 N–H and O–H groups in total. The van der Waals surface area contributed by atoms with Gasteiger partial charge in [-0.2, -0.15) is 0 Å². The Balaban J connectivity index is 1.63. The number of Topliss-reactive ketones (excluding diaryl/α,β-unsaturated/α-hetero) is 2. The number of ketones is 2. The topological polar surface area (TPSA) is 66.4 Å². The number of aliphatic hydroxyl groups excluding tert-OH is 1. The summed E-state index contributed by atoms with van der Waals surface area (Å²) in [6, 6.07) is -0.180. The molecule has 3 saturated carbocycles. The van der Waals surface area contributed by atoms with Crippen molar-refractivity contribution < 1.29 is 14.7 Å². The first-order valence-corrected chi connectivity index (χ1v) is 15.0. The number of carbonyl (C=O) groups excluding carboxylic acids is 2. The van der Waals surface area contributed by atoms with Crippen LogP contribution in [0.25, 0.3) is 0 Å². The first kappa shape index (κ1) is 25.8. The van der Waals surface area contributed by atoms with Gasteiger partial charge in [-0.1, -0.05) is 87.1 Å². The van der Waals surface area contributed by atoms with E-state index < -0.39 is 18.1 Å². The first-order valence-electron chi connectivity index (χ1n) is 14.1. The SMILES string of the molecule is C[C@H]1CCCCCC(=O)[C@H](C2NC3CCCCC3(C3CCCCCCCC3)C(Br)[C@H]2O)C1=O. The van der Waals surface area contributed by atoms with E-state index in [0.717, 1.165) is 38.5 Å². The number of alkyl halides is 1. The molecule has 0 amide bonds. The second kappa shape index (κ2) is 11.6. The van der Waals surface area contributed by atoms with Crippen LogP contribution in [0.2, 0.25) is 0 Å². The van der Waals surface area contributed by atoms with E-state index in [0.29, 0.717) is 12.3 Å². The maximum atomic E-state index is 13.5. The second-order valence-corrected chi connectivity index (χ2v) is 12.7. The summed E-state index contributed by atoms with van der Waals surface area (Å²) < 4.78 is 0. The van der Waals surface area contributed by atoms with Crippen LogP contribution < -0.4 is 5.32 Å². The van der Waals surface area contributed by atoms with Crippen LogP contribution in [0.5, 0.6) is 0 Å². The number of halogens is 1. The van der Waals surface area contributed by atoms with E-state index in [9.17, 15) is 14.7 Å². The Labute approximate surface area is 209 Å². The summed E-state index contributed by atoms with van der Waals surface area (Å²) >= 11 is 4.05. The summed E-state index contributed by atoms with van der Waals surface area (Å²) in [6.45, 7) is 1.98. The van der Waals surface area contributed by atoms with Crippen LogP contribution in [-0.2, 0) is 9.59 Å². The zero-order chi connectivity index (χ0) is 23.4. The fourth-order valence-corrected chi connectivity index (χ4v) is 9.12. The Bertz CT molecular complexity index is 670. The molecule has 7 atom stereocenters. The van der Waals surface area contributed by atoms with Gasteiger partial charge in [0.1, 0.15) is 11.6 Å². The number of piperidine rings is 1. The molecule has 4 aliphatic rings. The standard InChI is InChI=1S/C28H46BrNO3/c1-19-13-7-6-10-16-21(31)23(25(19)32)24-26(33)27(29)28(18-12-11-17-22(28)30-24)20-14-8-4-2-3-5-9-15-20/h19-20,22-24,26-27,30,33H,2-18H2,1H3/t19-,22?,23+,24?,26-,27?,28?/m0/s1. The quantitative estimate of drug-likeness (QED) is 0.338. The number of aliphatic hydroxyl groups is 1. The number of nitrogens with one attached hydrogen (secondary N) is 1. The average molecular weight is 525 g/mol. The predicted octanol–water partition coefficient (Wildman–Crippen LogP) is 6.12.